The smallest absolute Gasteiger partial charge is 0.340 e. The molecule has 1 saturated carbocycles. The number of rotatable bonds is 8. The second kappa shape index (κ2) is 10.2. The van der Waals surface area contributed by atoms with Crippen LogP contribution in [0.4, 0.5) is 0 Å². The molecule has 9 nitrogen and oxygen atoms in total. The van der Waals surface area contributed by atoms with Crippen LogP contribution in [0.2, 0.25) is 0 Å². The van der Waals surface area contributed by atoms with E-state index in [1.165, 1.54) is 14.0 Å². The number of cyclic esters (lactones) is 1. The van der Waals surface area contributed by atoms with Gasteiger partial charge < -0.3 is 29.3 Å². The molecular formula is C29H37NO8. The zero-order chi connectivity index (χ0) is 28.0. The van der Waals surface area contributed by atoms with Gasteiger partial charge in [0.2, 0.25) is 5.78 Å². The van der Waals surface area contributed by atoms with Gasteiger partial charge in [0.05, 0.1) is 23.7 Å². The number of methoxy groups -OCH3 is 1. The molecule has 0 spiro atoms. The van der Waals surface area contributed by atoms with Crippen molar-refractivity contribution >= 4 is 17.7 Å². The van der Waals surface area contributed by atoms with E-state index in [1.54, 1.807) is 30.2 Å². The molecule has 4 aliphatic rings. The van der Waals surface area contributed by atoms with Gasteiger partial charge in [-0.25, -0.2) is 4.79 Å². The summed E-state index contributed by atoms with van der Waals surface area (Å²) in [5, 5.41) is 22.5. The van der Waals surface area contributed by atoms with E-state index in [0.717, 1.165) is 0 Å². The second-order valence-corrected chi connectivity index (χ2v) is 11.0. The van der Waals surface area contributed by atoms with Gasteiger partial charge in [-0.3, -0.25) is 9.59 Å². The summed E-state index contributed by atoms with van der Waals surface area (Å²) in [4.78, 5) is 41.4. The van der Waals surface area contributed by atoms with Crippen LogP contribution in [-0.4, -0.2) is 78.0 Å². The number of allylic oxidation sites excluding steroid dienone is 1. The van der Waals surface area contributed by atoms with Crippen molar-refractivity contribution in [3.63, 3.8) is 0 Å². The maximum absolute atomic E-state index is 14.0. The highest BCUT2D eigenvalue weighted by Gasteiger charge is 2.64. The number of ether oxygens (including phenoxy) is 3. The van der Waals surface area contributed by atoms with Crippen LogP contribution in [0.1, 0.15) is 40.0 Å². The van der Waals surface area contributed by atoms with Gasteiger partial charge in [-0.15, -0.1) is 13.2 Å². The van der Waals surface area contributed by atoms with E-state index in [1.807, 2.05) is 6.92 Å². The topological polar surface area (TPSA) is 123 Å². The Morgan fingerprint density at radius 1 is 1.21 bits per heavy atom. The number of hydrogen-bond donors (Lipinski definition) is 2. The lowest BCUT2D eigenvalue weighted by atomic mass is 9.53. The SMILES string of the molecule is C=CCN(/C=C1/C(=O)OC(COC)C2(C)C1=C(O)C(=O)C1=C2C(OC(C)=O)CC2(C)C(O)CCC12)CC=C. The van der Waals surface area contributed by atoms with E-state index in [2.05, 4.69) is 13.2 Å². The summed E-state index contributed by atoms with van der Waals surface area (Å²) in [5.41, 5.74) is -0.987. The molecule has 2 fully saturated rings. The Hall–Kier alpha value is -3.17. The van der Waals surface area contributed by atoms with E-state index in [4.69, 9.17) is 14.2 Å². The van der Waals surface area contributed by atoms with E-state index in [-0.39, 0.29) is 23.7 Å². The average molecular weight is 528 g/mol. The normalized spacial score (nSPS) is 35.3. The van der Waals surface area contributed by atoms with E-state index in [9.17, 15) is 24.6 Å². The monoisotopic (exact) mass is 527 g/mol. The maximum atomic E-state index is 14.0. The first-order valence-electron chi connectivity index (χ1n) is 12.9. The molecule has 3 aliphatic carbocycles. The van der Waals surface area contributed by atoms with Gasteiger partial charge in [-0.05, 0) is 37.7 Å². The molecular weight excluding hydrogens is 490 g/mol. The minimum atomic E-state index is -1.24. The first-order valence-corrected chi connectivity index (χ1v) is 12.9. The Kier molecular flexibility index (Phi) is 7.47. The second-order valence-electron chi connectivity index (χ2n) is 11.0. The highest BCUT2D eigenvalue weighted by molar-refractivity contribution is 6.13. The third-order valence-corrected chi connectivity index (χ3v) is 8.69. The number of aliphatic hydroxyl groups is 2. The van der Waals surface area contributed by atoms with Crippen LogP contribution in [0, 0.1) is 16.7 Å². The molecule has 9 heteroatoms. The Bertz CT molecular complexity index is 1160. The van der Waals surface area contributed by atoms with Crippen molar-refractivity contribution in [2.24, 2.45) is 16.7 Å². The molecule has 0 aromatic heterocycles. The quantitative estimate of drug-likeness (QED) is 0.279. The first kappa shape index (κ1) is 27.9. The number of hydrogen-bond acceptors (Lipinski definition) is 9. The van der Waals surface area contributed by atoms with Gasteiger partial charge in [0.1, 0.15) is 12.2 Å². The van der Waals surface area contributed by atoms with Gasteiger partial charge in [0, 0.05) is 49.9 Å². The molecule has 1 heterocycles. The molecule has 0 amide bonds. The number of nitrogens with zero attached hydrogens (tertiary/aromatic N) is 1. The summed E-state index contributed by atoms with van der Waals surface area (Å²) < 4.78 is 17.2. The van der Waals surface area contributed by atoms with Crippen LogP contribution in [0.3, 0.4) is 0 Å². The van der Waals surface area contributed by atoms with Crippen LogP contribution < -0.4 is 0 Å². The molecule has 6 unspecified atom stereocenters. The lowest BCUT2D eigenvalue weighted by molar-refractivity contribution is -0.161. The zero-order valence-corrected chi connectivity index (χ0v) is 22.5. The van der Waals surface area contributed by atoms with Crippen molar-refractivity contribution in [2.45, 2.75) is 58.3 Å². The van der Waals surface area contributed by atoms with Gasteiger partial charge in [-0.1, -0.05) is 19.1 Å². The number of ketones is 1. The average Bonchev–Trinajstić information content (AvgIpc) is 3.13. The Morgan fingerprint density at radius 3 is 2.45 bits per heavy atom. The molecule has 6 atom stereocenters. The lowest BCUT2D eigenvalue weighted by Crippen LogP contribution is -2.57. The largest absolute Gasteiger partial charge is 0.504 e. The van der Waals surface area contributed by atoms with Crippen LogP contribution in [-0.2, 0) is 28.6 Å². The van der Waals surface area contributed by atoms with Crippen molar-refractivity contribution in [2.75, 3.05) is 26.8 Å². The fourth-order valence-electron chi connectivity index (χ4n) is 6.97. The predicted octanol–water partition coefficient (Wildman–Crippen LogP) is 2.93. The number of aliphatic hydroxyl groups excluding tert-OH is 2. The summed E-state index contributed by atoms with van der Waals surface area (Å²) in [5.74, 6) is -2.77. The fraction of sp³-hybridized carbons (Fsp3) is 0.552. The number of Topliss-reactive ketones (excluding diaryl/α,β-unsaturated/α-hetero) is 1. The Balaban J connectivity index is 2.01. The summed E-state index contributed by atoms with van der Waals surface area (Å²) in [6, 6.07) is 0. The Labute approximate surface area is 223 Å². The van der Waals surface area contributed by atoms with Crippen molar-refractivity contribution in [1.82, 2.24) is 4.90 Å². The van der Waals surface area contributed by atoms with E-state index < -0.39 is 52.6 Å². The van der Waals surface area contributed by atoms with Gasteiger partial charge >= 0.3 is 11.9 Å². The summed E-state index contributed by atoms with van der Waals surface area (Å²) in [6.45, 7) is 13.2. The highest BCUT2D eigenvalue weighted by Crippen LogP contribution is 2.63. The third-order valence-electron chi connectivity index (χ3n) is 8.69. The van der Waals surface area contributed by atoms with E-state index >= 15 is 0 Å². The maximum Gasteiger partial charge on any atom is 0.340 e. The lowest BCUT2D eigenvalue weighted by Gasteiger charge is -2.54. The van der Waals surface area contributed by atoms with Crippen molar-refractivity contribution in [3.8, 4) is 0 Å². The minimum absolute atomic E-state index is 0.0162. The van der Waals surface area contributed by atoms with Crippen LogP contribution in [0.15, 0.2) is 59.6 Å². The van der Waals surface area contributed by atoms with E-state index in [0.29, 0.717) is 43.5 Å². The number of esters is 2. The molecule has 0 aromatic rings. The highest BCUT2D eigenvalue weighted by atomic mass is 16.6. The number of fused-ring (bicyclic) bond motifs is 4. The molecule has 0 bridgehead atoms. The van der Waals surface area contributed by atoms with Crippen molar-refractivity contribution in [1.29, 1.82) is 0 Å². The summed E-state index contributed by atoms with van der Waals surface area (Å²) >= 11 is 0. The van der Waals surface area contributed by atoms with Gasteiger partial charge in [0.25, 0.3) is 0 Å². The molecule has 1 aliphatic heterocycles. The van der Waals surface area contributed by atoms with Crippen molar-refractivity contribution < 1.29 is 38.8 Å². The molecule has 38 heavy (non-hydrogen) atoms. The minimum Gasteiger partial charge on any atom is -0.504 e. The zero-order valence-electron chi connectivity index (χ0n) is 22.5. The van der Waals surface area contributed by atoms with Crippen molar-refractivity contribution in [3.05, 3.63) is 59.6 Å². The number of carbonyl (C=O) groups excluding carboxylic acids is 3. The first-order chi connectivity index (χ1) is 17.9. The molecule has 0 radical (unpaired) electrons. The third kappa shape index (κ3) is 4.12. The fourth-order valence-corrected chi connectivity index (χ4v) is 6.97. The molecule has 2 N–H and O–H groups in total. The summed E-state index contributed by atoms with van der Waals surface area (Å²) in [7, 11) is 1.47. The molecule has 1 saturated heterocycles. The summed E-state index contributed by atoms with van der Waals surface area (Å²) in [6.07, 6.45) is 3.69. The van der Waals surface area contributed by atoms with Gasteiger partial charge in [0.15, 0.2) is 5.76 Å². The Morgan fingerprint density at radius 2 is 1.87 bits per heavy atom. The predicted molar refractivity (Wildman–Crippen MR) is 139 cm³/mol. The standard InChI is InChI=1S/C29H37NO8/c1-7-11-30(12-8-2)14-17-23-26(34)25(33)22-18-9-10-20(32)28(18,4)13-19(37-16(3)31)24(22)29(23,5)21(15-36-6)38-27(17)35/h7-8,14,18-21,32,34H,1-2,9-13,15H2,3-6H3/b17-14+. The molecule has 4 rings (SSSR count). The molecule has 0 aromatic carbocycles. The number of carbonyl (C=O) groups is 3. The van der Waals surface area contributed by atoms with Crippen LogP contribution in [0.5, 0.6) is 0 Å². The van der Waals surface area contributed by atoms with Crippen LogP contribution in [0.25, 0.3) is 0 Å². The van der Waals surface area contributed by atoms with Gasteiger partial charge in [-0.2, -0.15) is 0 Å². The molecule has 206 valence electrons. The van der Waals surface area contributed by atoms with Crippen LogP contribution >= 0.6 is 0 Å².